The average Bonchev–Trinajstić information content (AvgIpc) is 3.30. The molecule has 34 heavy (non-hydrogen) atoms. The summed E-state index contributed by atoms with van der Waals surface area (Å²) in [7, 11) is 0. The van der Waals surface area contributed by atoms with E-state index < -0.39 is 40.8 Å². The molecular formula is C26H19F2NO5. The Kier molecular flexibility index (Phi) is 5.08. The van der Waals surface area contributed by atoms with Crippen molar-refractivity contribution >= 4 is 23.1 Å². The van der Waals surface area contributed by atoms with E-state index in [4.69, 9.17) is 4.74 Å². The monoisotopic (exact) mass is 463 g/mol. The molecular weight excluding hydrogens is 444 g/mol. The number of nitrogens with zero attached hydrogens (tertiary/aromatic N) is 1. The lowest BCUT2D eigenvalue weighted by Crippen LogP contribution is -2.30. The first-order valence-corrected chi connectivity index (χ1v) is 10.6. The van der Waals surface area contributed by atoms with Crippen LogP contribution in [0.5, 0.6) is 11.5 Å². The van der Waals surface area contributed by atoms with Crippen LogP contribution < -0.4 is 9.64 Å². The number of hydrogen-bond acceptors (Lipinski definition) is 5. The van der Waals surface area contributed by atoms with Crippen molar-refractivity contribution in [1.29, 1.82) is 0 Å². The van der Waals surface area contributed by atoms with Crippen molar-refractivity contribution in [2.75, 3.05) is 4.90 Å². The van der Waals surface area contributed by atoms with Crippen LogP contribution in [-0.2, 0) is 16.0 Å². The molecule has 2 N–H and O–H groups in total. The van der Waals surface area contributed by atoms with Crippen LogP contribution in [0.1, 0.15) is 29.7 Å². The van der Waals surface area contributed by atoms with Gasteiger partial charge in [0.25, 0.3) is 11.7 Å². The molecule has 0 aromatic heterocycles. The summed E-state index contributed by atoms with van der Waals surface area (Å²) in [5.41, 5.74) is 0.592. The van der Waals surface area contributed by atoms with Crippen molar-refractivity contribution in [3.63, 3.8) is 0 Å². The van der Waals surface area contributed by atoms with E-state index in [0.717, 1.165) is 28.7 Å². The summed E-state index contributed by atoms with van der Waals surface area (Å²) in [6.07, 6.45) is 0.566. The van der Waals surface area contributed by atoms with E-state index in [-0.39, 0.29) is 28.6 Å². The number of hydrogen-bond donors (Lipinski definition) is 2. The highest BCUT2D eigenvalue weighted by Gasteiger charge is 2.48. The topological polar surface area (TPSA) is 87.1 Å². The fraction of sp³-hybridized carbons (Fsp3) is 0.154. The third kappa shape index (κ3) is 3.48. The molecule has 3 aromatic rings. The van der Waals surface area contributed by atoms with Gasteiger partial charge >= 0.3 is 0 Å². The maximum absolute atomic E-state index is 14.7. The van der Waals surface area contributed by atoms with Crippen molar-refractivity contribution in [2.45, 2.75) is 25.5 Å². The molecule has 2 heterocycles. The predicted molar refractivity (Wildman–Crippen MR) is 119 cm³/mol. The van der Waals surface area contributed by atoms with Gasteiger partial charge in [0.15, 0.2) is 0 Å². The summed E-state index contributed by atoms with van der Waals surface area (Å²) in [5, 5.41) is 21.2. The number of rotatable bonds is 3. The zero-order chi connectivity index (χ0) is 24.1. The summed E-state index contributed by atoms with van der Waals surface area (Å²) in [4.78, 5) is 27.0. The number of aromatic hydroxyl groups is 1. The van der Waals surface area contributed by atoms with Gasteiger partial charge in [0.05, 0.1) is 17.3 Å². The quantitative estimate of drug-likeness (QED) is 0.336. The molecule has 6 nitrogen and oxygen atoms in total. The second-order valence-corrected chi connectivity index (χ2v) is 8.31. The number of Topliss-reactive ketones (excluding diaryl/α,β-unsaturated/α-hetero) is 1. The van der Waals surface area contributed by atoms with Crippen LogP contribution in [0.4, 0.5) is 14.5 Å². The minimum absolute atomic E-state index is 0.0405. The Bertz CT molecular complexity index is 1380. The zero-order valence-electron chi connectivity index (χ0n) is 18.0. The molecule has 1 saturated heterocycles. The summed E-state index contributed by atoms with van der Waals surface area (Å²) in [5.74, 6) is -3.87. The highest BCUT2D eigenvalue weighted by Crippen LogP contribution is 2.44. The highest BCUT2D eigenvalue weighted by atomic mass is 19.1. The highest BCUT2D eigenvalue weighted by molar-refractivity contribution is 6.51. The molecule has 2 atom stereocenters. The van der Waals surface area contributed by atoms with E-state index in [0.29, 0.717) is 12.2 Å². The minimum atomic E-state index is -1.30. The summed E-state index contributed by atoms with van der Waals surface area (Å²) < 4.78 is 34.4. The number of amides is 1. The van der Waals surface area contributed by atoms with Crippen LogP contribution in [0.2, 0.25) is 0 Å². The van der Waals surface area contributed by atoms with Gasteiger partial charge in [-0.25, -0.2) is 8.78 Å². The number of anilines is 1. The summed E-state index contributed by atoms with van der Waals surface area (Å²) in [6, 6.07) is 11.8. The van der Waals surface area contributed by atoms with E-state index in [1.807, 2.05) is 6.92 Å². The fourth-order valence-corrected chi connectivity index (χ4v) is 4.49. The number of aliphatic hydroxyl groups is 1. The van der Waals surface area contributed by atoms with E-state index in [9.17, 15) is 28.6 Å². The standard InChI is InChI=1S/C26H19F2NO5/c1-13-9-16-10-15(5-8-21(16)34-13)24(31)22-23(14-3-2-4-18(30)11-14)29(26(33)25(22)32)20-12-17(27)6-7-19(20)28/h2-8,10-13,23,30-31H,9H2,1H3/b24-22-. The van der Waals surface area contributed by atoms with E-state index >= 15 is 0 Å². The van der Waals surface area contributed by atoms with Crippen molar-refractivity contribution < 1.29 is 33.3 Å². The van der Waals surface area contributed by atoms with E-state index in [1.165, 1.54) is 24.3 Å². The van der Waals surface area contributed by atoms with Gasteiger partial charge in [-0.05, 0) is 60.5 Å². The van der Waals surface area contributed by atoms with Gasteiger partial charge in [-0.15, -0.1) is 0 Å². The first-order valence-electron chi connectivity index (χ1n) is 10.6. The van der Waals surface area contributed by atoms with Gasteiger partial charge in [0.1, 0.15) is 35.0 Å². The number of benzene rings is 3. The van der Waals surface area contributed by atoms with Gasteiger partial charge in [0.2, 0.25) is 0 Å². The van der Waals surface area contributed by atoms with Gasteiger partial charge in [-0.1, -0.05) is 12.1 Å². The average molecular weight is 463 g/mol. The lowest BCUT2D eigenvalue weighted by atomic mass is 9.94. The van der Waals surface area contributed by atoms with Crippen molar-refractivity contribution in [2.24, 2.45) is 0 Å². The second kappa shape index (κ2) is 7.98. The Morgan fingerprint density at radius 1 is 1.06 bits per heavy atom. The number of aliphatic hydroxyl groups excluding tert-OH is 1. The van der Waals surface area contributed by atoms with Crippen LogP contribution in [-0.4, -0.2) is 28.0 Å². The molecule has 2 unspecified atom stereocenters. The maximum atomic E-state index is 14.7. The largest absolute Gasteiger partial charge is 0.508 e. The Labute approximate surface area is 193 Å². The number of carbonyl (C=O) groups is 2. The number of fused-ring (bicyclic) bond motifs is 1. The molecule has 0 aliphatic carbocycles. The Balaban J connectivity index is 1.72. The molecule has 2 aliphatic heterocycles. The van der Waals surface area contributed by atoms with Crippen LogP contribution in [0, 0.1) is 11.6 Å². The fourth-order valence-electron chi connectivity index (χ4n) is 4.49. The molecule has 0 saturated carbocycles. The van der Waals surface area contributed by atoms with Crippen LogP contribution in [0.3, 0.4) is 0 Å². The van der Waals surface area contributed by atoms with Crippen LogP contribution >= 0.6 is 0 Å². The first kappa shape index (κ1) is 21.6. The van der Waals surface area contributed by atoms with Crippen molar-refractivity contribution in [3.05, 3.63) is 94.6 Å². The first-order chi connectivity index (χ1) is 16.2. The Hall–Kier alpha value is -4.20. The van der Waals surface area contributed by atoms with E-state index in [1.54, 1.807) is 18.2 Å². The second-order valence-electron chi connectivity index (χ2n) is 8.31. The maximum Gasteiger partial charge on any atom is 0.300 e. The number of halogens is 2. The number of ketones is 1. The SMILES string of the molecule is CC1Cc2cc(/C(O)=C3/C(=O)C(=O)N(c4cc(F)ccc4F)C3c3cccc(O)c3)ccc2O1. The van der Waals surface area contributed by atoms with Crippen LogP contribution in [0.25, 0.3) is 5.76 Å². The number of ether oxygens (including phenoxy) is 1. The third-order valence-corrected chi connectivity index (χ3v) is 5.97. The molecule has 0 radical (unpaired) electrons. The van der Waals surface area contributed by atoms with Crippen molar-refractivity contribution in [3.8, 4) is 11.5 Å². The van der Waals surface area contributed by atoms with Gasteiger partial charge in [-0.2, -0.15) is 0 Å². The Morgan fingerprint density at radius 2 is 1.85 bits per heavy atom. The molecule has 1 amide bonds. The molecule has 1 fully saturated rings. The lowest BCUT2D eigenvalue weighted by Gasteiger charge is -2.26. The molecule has 0 spiro atoms. The van der Waals surface area contributed by atoms with E-state index in [2.05, 4.69) is 0 Å². The normalized spacial score (nSPS) is 21.0. The molecule has 172 valence electrons. The zero-order valence-corrected chi connectivity index (χ0v) is 18.0. The Morgan fingerprint density at radius 3 is 2.62 bits per heavy atom. The molecule has 0 bridgehead atoms. The number of phenols is 1. The molecule has 3 aromatic carbocycles. The van der Waals surface area contributed by atoms with Gasteiger partial charge in [-0.3, -0.25) is 14.5 Å². The summed E-state index contributed by atoms with van der Waals surface area (Å²) >= 11 is 0. The molecule has 8 heteroatoms. The molecule has 2 aliphatic rings. The van der Waals surface area contributed by atoms with Crippen LogP contribution in [0.15, 0.2) is 66.2 Å². The minimum Gasteiger partial charge on any atom is -0.508 e. The molecule has 5 rings (SSSR count). The lowest BCUT2D eigenvalue weighted by molar-refractivity contribution is -0.132. The predicted octanol–water partition coefficient (Wildman–Crippen LogP) is 4.62. The van der Waals surface area contributed by atoms with Gasteiger partial charge in [0, 0.05) is 18.1 Å². The number of carbonyl (C=O) groups excluding carboxylic acids is 2. The smallest absolute Gasteiger partial charge is 0.300 e. The van der Waals surface area contributed by atoms with Gasteiger partial charge < -0.3 is 14.9 Å². The van der Waals surface area contributed by atoms with Crippen molar-refractivity contribution in [1.82, 2.24) is 0 Å². The number of phenolic OH excluding ortho intramolecular Hbond substituents is 1. The third-order valence-electron chi connectivity index (χ3n) is 5.97. The summed E-state index contributed by atoms with van der Waals surface area (Å²) in [6.45, 7) is 1.90.